The molecule has 100 valence electrons. The normalized spacial score (nSPS) is 23.9. The lowest BCUT2D eigenvalue weighted by Crippen LogP contribution is -2.27. The van der Waals surface area contributed by atoms with Crippen LogP contribution in [0.3, 0.4) is 0 Å². The minimum atomic E-state index is -0.456. The number of esters is 1. The molecule has 1 heterocycles. The molecule has 2 N–H and O–H groups in total. The van der Waals surface area contributed by atoms with Gasteiger partial charge in [0.15, 0.2) is 6.10 Å². The molecule has 0 aromatic rings. The highest BCUT2D eigenvalue weighted by atomic mass is 16.6. The van der Waals surface area contributed by atoms with Crippen molar-refractivity contribution in [2.45, 2.75) is 25.0 Å². The van der Waals surface area contributed by atoms with Gasteiger partial charge in [-0.05, 0) is 12.8 Å². The largest absolute Gasteiger partial charge is 0.461 e. The van der Waals surface area contributed by atoms with Gasteiger partial charge >= 0.3 is 5.97 Å². The molecule has 6 heteroatoms. The molecule has 0 saturated carbocycles. The molecule has 0 amide bonds. The summed E-state index contributed by atoms with van der Waals surface area (Å²) in [5, 5.41) is 0. The van der Waals surface area contributed by atoms with E-state index in [1.54, 1.807) is 7.11 Å². The van der Waals surface area contributed by atoms with Crippen LogP contribution in [0.25, 0.3) is 0 Å². The van der Waals surface area contributed by atoms with E-state index in [0.29, 0.717) is 32.8 Å². The lowest BCUT2D eigenvalue weighted by Gasteiger charge is -2.12. The fourth-order valence-electron chi connectivity index (χ4n) is 1.59. The standard InChI is InChI=1S/C11H21NO5/c1-14-4-5-15-6-7-16-11(13)10-3-2-9(8-12)17-10/h9-10H,2-8,12H2,1H3. The van der Waals surface area contributed by atoms with Gasteiger partial charge in [-0.2, -0.15) is 0 Å². The quantitative estimate of drug-likeness (QED) is 0.468. The number of ether oxygens (including phenoxy) is 4. The van der Waals surface area contributed by atoms with Crippen LogP contribution in [0.1, 0.15) is 12.8 Å². The van der Waals surface area contributed by atoms with Crippen molar-refractivity contribution in [3.05, 3.63) is 0 Å². The zero-order chi connectivity index (χ0) is 12.5. The van der Waals surface area contributed by atoms with Crippen LogP contribution >= 0.6 is 0 Å². The summed E-state index contributed by atoms with van der Waals surface area (Å²) in [5.41, 5.74) is 5.46. The Kier molecular flexibility index (Phi) is 7.11. The minimum absolute atomic E-state index is 0.00879. The van der Waals surface area contributed by atoms with Crippen LogP contribution in [0.5, 0.6) is 0 Å². The third-order valence-corrected chi connectivity index (χ3v) is 2.54. The third-order valence-electron chi connectivity index (χ3n) is 2.54. The molecule has 2 atom stereocenters. The highest BCUT2D eigenvalue weighted by Crippen LogP contribution is 2.19. The van der Waals surface area contributed by atoms with E-state index in [4.69, 9.17) is 24.7 Å². The Hall–Kier alpha value is -0.690. The van der Waals surface area contributed by atoms with Crippen molar-refractivity contribution < 1.29 is 23.7 Å². The van der Waals surface area contributed by atoms with E-state index in [9.17, 15) is 4.79 Å². The van der Waals surface area contributed by atoms with Crippen molar-refractivity contribution >= 4 is 5.97 Å². The molecular weight excluding hydrogens is 226 g/mol. The van der Waals surface area contributed by atoms with Gasteiger partial charge in [0, 0.05) is 13.7 Å². The van der Waals surface area contributed by atoms with E-state index in [-0.39, 0.29) is 18.7 Å². The molecule has 17 heavy (non-hydrogen) atoms. The van der Waals surface area contributed by atoms with E-state index in [1.165, 1.54) is 0 Å². The monoisotopic (exact) mass is 247 g/mol. The number of nitrogens with two attached hydrogens (primary N) is 1. The molecule has 6 nitrogen and oxygen atoms in total. The first-order valence-electron chi connectivity index (χ1n) is 5.86. The minimum Gasteiger partial charge on any atom is -0.461 e. The SMILES string of the molecule is COCCOCCOC(=O)C1CCC(CN)O1. The number of carbonyl (C=O) groups excluding carboxylic acids is 1. The number of methoxy groups -OCH3 is 1. The molecule has 0 aliphatic carbocycles. The summed E-state index contributed by atoms with van der Waals surface area (Å²) in [4.78, 5) is 11.5. The second-order valence-corrected chi connectivity index (χ2v) is 3.83. The smallest absolute Gasteiger partial charge is 0.335 e. The lowest BCUT2D eigenvalue weighted by molar-refractivity contribution is -0.157. The van der Waals surface area contributed by atoms with Crippen molar-refractivity contribution in [3.63, 3.8) is 0 Å². The molecule has 1 rings (SSSR count). The Morgan fingerprint density at radius 1 is 1.29 bits per heavy atom. The second-order valence-electron chi connectivity index (χ2n) is 3.83. The van der Waals surface area contributed by atoms with Crippen LogP contribution in [-0.2, 0) is 23.7 Å². The van der Waals surface area contributed by atoms with Crippen LogP contribution in [0, 0.1) is 0 Å². The highest BCUT2D eigenvalue weighted by Gasteiger charge is 2.30. The first-order chi connectivity index (χ1) is 8.27. The third kappa shape index (κ3) is 5.45. The molecule has 0 aromatic heterocycles. The summed E-state index contributed by atoms with van der Waals surface area (Å²) in [6.45, 7) is 2.11. The first-order valence-corrected chi connectivity index (χ1v) is 5.86. The van der Waals surface area contributed by atoms with Crippen molar-refractivity contribution in [3.8, 4) is 0 Å². The Labute approximate surface area is 101 Å². The fourth-order valence-corrected chi connectivity index (χ4v) is 1.59. The molecule has 0 radical (unpaired) electrons. The zero-order valence-corrected chi connectivity index (χ0v) is 10.2. The van der Waals surface area contributed by atoms with Gasteiger partial charge in [0.25, 0.3) is 0 Å². The predicted molar refractivity (Wildman–Crippen MR) is 60.6 cm³/mol. The Morgan fingerprint density at radius 2 is 2.06 bits per heavy atom. The van der Waals surface area contributed by atoms with E-state index < -0.39 is 6.10 Å². The maximum Gasteiger partial charge on any atom is 0.335 e. The molecule has 1 saturated heterocycles. The van der Waals surface area contributed by atoms with E-state index in [1.807, 2.05) is 0 Å². The summed E-state index contributed by atoms with van der Waals surface area (Å²) < 4.78 is 20.4. The van der Waals surface area contributed by atoms with Crippen LogP contribution < -0.4 is 5.73 Å². The Bertz CT molecular complexity index is 224. The molecule has 1 aliphatic rings. The summed E-state index contributed by atoms with van der Waals surface area (Å²) in [6, 6.07) is 0. The molecule has 0 spiro atoms. The summed E-state index contributed by atoms with van der Waals surface area (Å²) >= 11 is 0. The molecule has 0 aromatic carbocycles. The molecule has 1 aliphatic heterocycles. The van der Waals surface area contributed by atoms with Gasteiger partial charge in [-0.3, -0.25) is 0 Å². The molecule has 0 bridgehead atoms. The maximum atomic E-state index is 11.5. The van der Waals surface area contributed by atoms with Gasteiger partial charge in [-0.1, -0.05) is 0 Å². The van der Waals surface area contributed by atoms with E-state index in [0.717, 1.165) is 6.42 Å². The first kappa shape index (κ1) is 14.4. The van der Waals surface area contributed by atoms with Crippen molar-refractivity contribution in [1.82, 2.24) is 0 Å². The van der Waals surface area contributed by atoms with Crippen LogP contribution in [0.2, 0.25) is 0 Å². The average Bonchev–Trinajstić information content (AvgIpc) is 2.82. The van der Waals surface area contributed by atoms with Crippen LogP contribution in [0.4, 0.5) is 0 Å². The van der Waals surface area contributed by atoms with Gasteiger partial charge in [-0.25, -0.2) is 4.79 Å². The summed E-state index contributed by atoms with van der Waals surface area (Å²) in [7, 11) is 1.61. The Morgan fingerprint density at radius 3 is 2.71 bits per heavy atom. The summed E-state index contributed by atoms with van der Waals surface area (Å²) in [5.74, 6) is -0.323. The van der Waals surface area contributed by atoms with Gasteiger partial charge in [-0.15, -0.1) is 0 Å². The van der Waals surface area contributed by atoms with Crippen molar-refractivity contribution in [2.75, 3.05) is 40.1 Å². The number of carbonyl (C=O) groups is 1. The number of hydrogen-bond donors (Lipinski definition) is 1. The predicted octanol–water partition coefficient (Wildman–Crippen LogP) is -0.301. The van der Waals surface area contributed by atoms with Crippen LogP contribution in [-0.4, -0.2) is 58.3 Å². The van der Waals surface area contributed by atoms with Crippen molar-refractivity contribution in [1.29, 1.82) is 0 Å². The average molecular weight is 247 g/mol. The van der Waals surface area contributed by atoms with Crippen molar-refractivity contribution in [2.24, 2.45) is 5.73 Å². The van der Waals surface area contributed by atoms with Gasteiger partial charge < -0.3 is 24.7 Å². The topological polar surface area (TPSA) is 80.0 Å². The number of hydrogen-bond acceptors (Lipinski definition) is 6. The molecular formula is C11H21NO5. The second kappa shape index (κ2) is 8.41. The lowest BCUT2D eigenvalue weighted by atomic mass is 10.2. The zero-order valence-electron chi connectivity index (χ0n) is 10.2. The maximum absolute atomic E-state index is 11.5. The van der Waals surface area contributed by atoms with Gasteiger partial charge in [0.1, 0.15) is 6.61 Å². The molecule has 1 fully saturated rings. The van der Waals surface area contributed by atoms with Gasteiger partial charge in [0.05, 0.1) is 25.9 Å². The van der Waals surface area contributed by atoms with Crippen LogP contribution in [0.15, 0.2) is 0 Å². The number of rotatable bonds is 8. The fraction of sp³-hybridized carbons (Fsp3) is 0.909. The van der Waals surface area contributed by atoms with E-state index >= 15 is 0 Å². The Balaban J connectivity index is 2.01. The highest BCUT2D eigenvalue weighted by molar-refractivity contribution is 5.74. The van der Waals surface area contributed by atoms with Gasteiger partial charge in [0.2, 0.25) is 0 Å². The summed E-state index contributed by atoms with van der Waals surface area (Å²) in [6.07, 6.45) is 1.04. The van der Waals surface area contributed by atoms with E-state index in [2.05, 4.69) is 0 Å². The molecule has 2 unspecified atom stereocenters.